The summed E-state index contributed by atoms with van der Waals surface area (Å²) in [5, 5.41) is 3.37. The molecule has 1 heterocycles. The molecule has 1 aliphatic heterocycles. The summed E-state index contributed by atoms with van der Waals surface area (Å²) in [6, 6.07) is 9.89. The average Bonchev–Trinajstić information content (AvgIpc) is 2.90. The minimum absolute atomic E-state index is 0.731. The molecule has 1 N–H and O–H groups in total. The lowest BCUT2D eigenvalue weighted by Gasteiger charge is -2.20. The Morgan fingerprint density at radius 1 is 1.20 bits per heavy atom. The lowest BCUT2D eigenvalue weighted by Crippen LogP contribution is -2.31. The number of benzene rings is 1. The molecule has 2 rings (SSSR count). The molecule has 3 heteroatoms. The van der Waals surface area contributed by atoms with E-state index in [1.807, 2.05) is 0 Å². The molecule has 0 bridgehead atoms. The minimum atomic E-state index is 0.731. The highest BCUT2D eigenvalue weighted by atomic mass is 15.2. The maximum absolute atomic E-state index is 3.37. The largest absolute Gasteiger partial charge is 0.317 e. The van der Waals surface area contributed by atoms with Gasteiger partial charge in [-0.05, 0) is 51.2 Å². The van der Waals surface area contributed by atoms with E-state index in [0.29, 0.717) is 0 Å². The van der Waals surface area contributed by atoms with Gasteiger partial charge in [-0.2, -0.15) is 0 Å². The highest BCUT2D eigenvalue weighted by molar-refractivity contribution is 5.23. The van der Waals surface area contributed by atoms with E-state index in [1.165, 1.54) is 30.6 Å². The van der Waals surface area contributed by atoms with Gasteiger partial charge in [-0.15, -0.1) is 0 Å². The van der Waals surface area contributed by atoms with Gasteiger partial charge in [-0.25, -0.2) is 0 Å². The van der Waals surface area contributed by atoms with Crippen molar-refractivity contribution >= 4 is 0 Å². The third kappa shape index (κ3) is 4.58. The Hall–Kier alpha value is -0.900. The zero-order valence-corrected chi connectivity index (χ0v) is 13.2. The summed E-state index contributed by atoms with van der Waals surface area (Å²) in [6.07, 6.45) is 2.42. The van der Waals surface area contributed by atoms with Crippen molar-refractivity contribution in [3.63, 3.8) is 0 Å². The predicted molar refractivity (Wildman–Crippen MR) is 86.1 cm³/mol. The van der Waals surface area contributed by atoms with Gasteiger partial charge < -0.3 is 10.2 Å². The van der Waals surface area contributed by atoms with Crippen LogP contribution in [0.5, 0.6) is 0 Å². The molecule has 0 amide bonds. The monoisotopic (exact) mass is 275 g/mol. The molecule has 1 atom stereocenters. The molecule has 1 fully saturated rings. The summed E-state index contributed by atoms with van der Waals surface area (Å²) >= 11 is 0. The second-order valence-electron chi connectivity index (χ2n) is 6.06. The molecule has 1 aliphatic rings. The van der Waals surface area contributed by atoms with E-state index in [0.717, 1.165) is 32.1 Å². The Kier molecular flexibility index (Phi) is 6.02. The topological polar surface area (TPSA) is 18.5 Å². The summed E-state index contributed by atoms with van der Waals surface area (Å²) < 4.78 is 0. The predicted octanol–water partition coefficient (Wildman–Crippen LogP) is 1.97. The second kappa shape index (κ2) is 7.77. The molecule has 1 aromatic rings. The molecule has 1 saturated heterocycles. The van der Waals surface area contributed by atoms with E-state index >= 15 is 0 Å². The van der Waals surface area contributed by atoms with Gasteiger partial charge in [0.25, 0.3) is 0 Å². The number of nitrogens with one attached hydrogen (secondary N) is 1. The summed E-state index contributed by atoms with van der Waals surface area (Å²) in [5.74, 6) is 0. The third-order valence-electron chi connectivity index (χ3n) is 4.25. The Morgan fingerprint density at radius 2 is 1.90 bits per heavy atom. The van der Waals surface area contributed by atoms with Crippen LogP contribution >= 0.6 is 0 Å². The molecule has 0 spiro atoms. The molecule has 3 nitrogen and oxygen atoms in total. The van der Waals surface area contributed by atoms with E-state index in [9.17, 15) is 0 Å². The Morgan fingerprint density at radius 3 is 2.50 bits per heavy atom. The zero-order valence-electron chi connectivity index (χ0n) is 13.2. The summed E-state index contributed by atoms with van der Waals surface area (Å²) in [5.41, 5.74) is 2.87. The molecule has 20 heavy (non-hydrogen) atoms. The Bertz CT molecular complexity index is 386. The molecule has 1 aromatic carbocycles. The fraction of sp³-hybridized carbons (Fsp3) is 0.647. The molecule has 0 aliphatic carbocycles. The van der Waals surface area contributed by atoms with Gasteiger partial charge in [0.15, 0.2) is 0 Å². The average molecular weight is 275 g/mol. The summed E-state index contributed by atoms with van der Waals surface area (Å²) in [6.45, 7) is 7.81. The van der Waals surface area contributed by atoms with Crippen LogP contribution in [-0.4, -0.2) is 56.1 Å². The molecular formula is C17H29N3. The number of likely N-dealkylation sites (tertiary alicyclic amines) is 1. The second-order valence-corrected chi connectivity index (χ2v) is 6.06. The number of rotatable bonds is 7. The number of hydrogen-bond donors (Lipinski definition) is 1. The van der Waals surface area contributed by atoms with E-state index in [1.54, 1.807) is 0 Å². The van der Waals surface area contributed by atoms with Crippen molar-refractivity contribution in [1.82, 2.24) is 15.1 Å². The van der Waals surface area contributed by atoms with Crippen LogP contribution in [0.4, 0.5) is 0 Å². The zero-order chi connectivity index (χ0) is 14.4. The van der Waals surface area contributed by atoms with Crippen LogP contribution in [0.3, 0.4) is 0 Å². The smallest absolute Gasteiger partial charge is 0.0234 e. The maximum atomic E-state index is 3.37. The molecule has 0 aromatic heterocycles. The standard InChI is InChI=1S/C17H29N3/c1-4-18-11-9-15-5-7-16(8-6-15)13-20-12-10-17(14-20)19(2)3/h5-8,17-18H,4,9-14H2,1-3H3. The molecule has 112 valence electrons. The first-order chi connectivity index (χ1) is 9.69. The lowest BCUT2D eigenvalue weighted by molar-refractivity contribution is 0.264. The van der Waals surface area contributed by atoms with Crippen molar-refractivity contribution in [1.29, 1.82) is 0 Å². The molecule has 1 unspecified atom stereocenters. The minimum Gasteiger partial charge on any atom is -0.317 e. The van der Waals surface area contributed by atoms with E-state index in [-0.39, 0.29) is 0 Å². The van der Waals surface area contributed by atoms with Crippen LogP contribution < -0.4 is 5.32 Å². The fourth-order valence-electron chi connectivity index (χ4n) is 2.86. The van der Waals surface area contributed by atoms with Gasteiger partial charge >= 0.3 is 0 Å². The van der Waals surface area contributed by atoms with Crippen LogP contribution in [0.2, 0.25) is 0 Å². The van der Waals surface area contributed by atoms with Crippen LogP contribution in [-0.2, 0) is 13.0 Å². The first-order valence-corrected chi connectivity index (χ1v) is 7.86. The lowest BCUT2D eigenvalue weighted by atomic mass is 10.1. The Labute approximate surface area is 124 Å². The van der Waals surface area contributed by atoms with Crippen molar-refractivity contribution in [3.05, 3.63) is 35.4 Å². The first kappa shape index (κ1) is 15.5. The Balaban J connectivity index is 1.79. The highest BCUT2D eigenvalue weighted by Gasteiger charge is 2.23. The van der Waals surface area contributed by atoms with Crippen molar-refractivity contribution in [2.24, 2.45) is 0 Å². The fourth-order valence-corrected chi connectivity index (χ4v) is 2.86. The van der Waals surface area contributed by atoms with Crippen molar-refractivity contribution in [2.75, 3.05) is 40.3 Å². The SMILES string of the molecule is CCNCCc1ccc(CN2CCC(N(C)C)C2)cc1. The van der Waals surface area contributed by atoms with Gasteiger partial charge in [0.2, 0.25) is 0 Å². The third-order valence-corrected chi connectivity index (χ3v) is 4.25. The molecule has 0 radical (unpaired) electrons. The highest BCUT2D eigenvalue weighted by Crippen LogP contribution is 2.16. The molecule has 0 saturated carbocycles. The van der Waals surface area contributed by atoms with Crippen LogP contribution in [0.1, 0.15) is 24.5 Å². The van der Waals surface area contributed by atoms with Gasteiger partial charge in [0.1, 0.15) is 0 Å². The van der Waals surface area contributed by atoms with Crippen LogP contribution in [0.15, 0.2) is 24.3 Å². The number of nitrogens with zero attached hydrogens (tertiary/aromatic N) is 2. The number of hydrogen-bond acceptors (Lipinski definition) is 3. The van der Waals surface area contributed by atoms with Gasteiger partial charge in [-0.3, -0.25) is 4.90 Å². The number of likely N-dealkylation sites (N-methyl/N-ethyl adjacent to an activating group) is 2. The van der Waals surface area contributed by atoms with Crippen molar-refractivity contribution < 1.29 is 0 Å². The van der Waals surface area contributed by atoms with E-state index in [4.69, 9.17) is 0 Å². The summed E-state index contributed by atoms with van der Waals surface area (Å²) in [4.78, 5) is 4.92. The maximum Gasteiger partial charge on any atom is 0.0234 e. The molecular weight excluding hydrogens is 246 g/mol. The quantitative estimate of drug-likeness (QED) is 0.768. The van der Waals surface area contributed by atoms with Crippen LogP contribution in [0, 0.1) is 0 Å². The summed E-state index contributed by atoms with van der Waals surface area (Å²) in [7, 11) is 4.38. The van der Waals surface area contributed by atoms with Crippen molar-refractivity contribution in [3.8, 4) is 0 Å². The van der Waals surface area contributed by atoms with Crippen molar-refractivity contribution in [2.45, 2.75) is 32.4 Å². The van der Waals surface area contributed by atoms with Gasteiger partial charge in [-0.1, -0.05) is 31.2 Å². The van der Waals surface area contributed by atoms with Gasteiger partial charge in [0, 0.05) is 25.7 Å². The normalized spacial score (nSPS) is 19.9. The van der Waals surface area contributed by atoms with Crippen LogP contribution in [0.25, 0.3) is 0 Å². The van der Waals surface area contributed by atoms with Gasteiger partial charge in [0.05, 0.1) is 0 Å². The first-order valence-electron chi connectivity index (χ1n) is 7.86. The van der Waals surface area contributed by atoms with E-state index < -0.39 is 0 Å². The van der Waals surface area contributed by atoms with E-state index in [2.05, 4.69) is 60.4 Å².